The molecule has 1 N–H and O–H groups in total. The molecule has 0 atom stereocenters. The van der Waals surface area contributed by atoms with E-state index in [4.69, 9.17) is 11.6 Å². The van der Waals surface area contributed by atoms with Gasteiger partial charge in [0.15, 0.2) is 0 Å². The molecule has 20 heavy (non-hydrogen) atoms. The minimum Gasteiger partial charge on any atom is -0.370 e. The molecule has 1 aliphatic heterocycles. The van der Waals surface area contributed by atoms with E-state index in [2.05, 4.69) is 27.1 Å². The van der Waals surface area contributed by atoms with Crippen LogP contribution in [-0.4, -0.2) is 41.0 Å². The highest BCUT2D eigenvalue weighted by atomic mass is 35.5. The molecule has 0 radical (unpaired) electrons. The Labute approximate surface area is 125 Å². The molecule has 2 fully saturated rings. The Kier molecular flexibility index (Phi) is 4.41. The van der Waals surface area contributed by atoms with Crippen LogP contribution in [0.1, 0.15) is 44.3 Å². The van der Waals surface area contributed by atoms with E-state index in [0.717, 1.165) is 24.1 Å². The lowest BCUT2D eigenvalue weighted by molar-refractivity contribution is 0.198. The fourth-order valence-corrected chi connectivity index (χ4v) is 3.00. The summed E-state index contributed by atoms with van der Waals surface area (Å²) < 4.78 is 0. The number of halogens is 1. The molecule has 2 aliphatic rings. The Morgan fingerprint density at radius 3 is 2.65 bits per heavy atom. The van der Waals surface area contributed by atoms with Gasteiger partial charge in [-0.25, -0.2) is 9.97 Å². The lowest BCUT2D eigenvalue weighted by Crippen LogP contribution is -2.35. The van der Waals surface area contributed by atoms with Gasteiger partial charge in [0.2, 0.25) is 0 Å². The van der Waals surface area contributed by atoms with Gasteiger partial charge in [0.25, 0.3) is 0 Å². The molecule has 110 valence electrons. The number of nitrogens with zero attached hydrogens (tertiary/aromatic N) is 3. The van der Waals surface area contributed by atoms with Gasteiger partial charge in [-0.1, -0.05) is 18.5 Å². The van der Waals surface area contributed by atoms with Crippen LogP contribution in [0.2, 0.25) is 5.15 Å². The van der Waals surface area contributed by atoms with E-state index in [1.807, 2.05) is 6.07 Å². The molecule has 1 saturated heterocycles. The summed E-state index contributed by atoms with van der Waals surface area (Å²) in [5.41, 5.74) is 0. The standard InChI is InChI=1S/C15H23ClN4/c1-2-20-7-5-11(6-8-20)10-17-14-9-13(16)18-15(19-14)12-3-4-12/h9,11-12H,2-8,10H2,1H3,(H,17,18,19). The van der Waals surface area contributed by atoms with E-state index in [0.29, 0.717) is 11.1 Å². The van der Waals surface area contributed by atoms with Gasteiger partial charge in [-0.15, -0.1) is 0 Å². The number of anilines is 1. The Bertz CT molecular complexity index is 453. The molecule has 1 aliphatic carbocycles. The van der Waals surface area contributed by atoms with Gasteiger partial charge in [0.1, 0.15) is 16.8 Å². The van der Waals surface area contributed by atoms with Crippen molar-refractivity contribution in [2.45, 2.75) is 38.5 Å². The van der Waals surface area contributed by atoms with Gasteiger partial charge in [-0.2, -0.15) is 0 Å². The average Bonchev–Trinajstić information content (AvgIpc) is 3.30. The summed E-state index contributed by atoms with van der Waals surface area (Å²) in [5, 5.41) is 4.02. The van der Waals surface area contributed by atoms with Crippen molar-refractivity contribution in [1.29, 1.82) is 0 Å². The third-order valence-electron chi connectivity index (χ3n) is 4.38. The molecular weight excluding hydrogens is 272 g/mol. The van der Waals surface area contributed by atoms with Gasteiger partial charge in [0, 0.05) is 18.5 Å². The van der Waals surface area contributed by atoms with Crippen LogP contribution >= 0.6 is 11.6 Å². The first-order valence-corrected chi connectivity index (χ1v) is 8.13. The van der Waals surface area contributed by atoms with Crippen molar-refractivity contribution in [1.82, 2.24) is 14.9 Å². The van der Waals surface area contributed by atoms with Gasteiger partial charge in [-0.3, -0.25) is 0 Å². The summed E-state index contributed by atoms with van der Waals surface area (Å²) in [6.45, 7) is 6.85. The van der Waals surface area contributed by atoms with Gasteiger partial charge >= 0.3 is 0 Å². The van der Waals surface area contributed by atoms with E-state index in [-0.39, 0.29) is 0 Å². The summed E-state index contributed by atoms with van der Waals surface area (Å²) in [7, 11) is 0. The minimum atomic E-state index is 0.544. The molecule has 5 heteroatoms. The Morgan fingerprint density at radius 2 is 2.00 bits per heavy atom. The molecule has 0 bridgehead atoms. The number of aromatic nitrogens is 2. The number of likely N-dealkylation sites (tertiary alicyclic amines) is 1. The van der Waals surface area contributed by atoms with Crippen molar-refractivity contribution < 1.29 is 0 Å². The second-order valence-electron chi connectivity index (χ2n) is 5.97. The van der Waals surface area contributed by atoms with Crippen molar-refractivity contribution in [2.24, 2.45) is 5.92 Å². The summed E-state index contributed by atoms with van der Waals surface area (Å²) in [6.07, 6.45) is 4.95. The zero-order valence-corrected chi connectivity index (χ0v) is 12.9. The summed E-state index contributed by atoms with van der Waals surface area (Å²) >= 11 is 6.08. The summed E-state index contributed by atoms with van der Waals surface area (Å²) in [4.78, 5) is 11.4. The van der Waals surface area contributed by atoms with E-state index in [1.54, 1.807) is 0 Å². The van der Waals surface area contributed by atoms with Crippen LogP contribution in [0.3, 0.4) is 0 Å². The number of hydrogen-bond donors (Lipinski definition) is 1. The highest BCUT2D eigenvalue weighted by Crippen LogP contribution is 2.38. The van der Waals surface area contributed by atoms with Crippen LogP contribution < -0.4 is 5.32 Å². The first-order valence-electron chi connectivity index (χ1n) is 7.75. The Balaban J connectivity index is 1.53. The van der Waals surface area contributed by atoms with Crippen LogP contribution in [0.25, 0.3) is 0 Å². The van der Waals surface area contributed by atoms with Crippen molar-refractivity contribution in [3.8, 4) is 0 Å². The first-order chi connectivity index (χ1) is 9.74. The average molecular weight is 295 g/mol. The Hall–Kier alpha value is -0.870. The SMILES string of the molecule is CCN1CCC(CNc2cc(Cl)nc(C3CC3)n2)CC1. The largest absolute Gasteiger partial charge is 0.370 e. The zero-order valence-electron chi connectivity index (χ0n) is 12.1. The molecule has 0 unspecified atom stereocenters. The maximum Gasteiger partial charge on any atom is 0.135 e. The molecule has 3 rings (SSSR count). The van der Waals surface area contributed by atoms with Gasteiger partial charge < -0.3 is 10.2 Å². The minimum absolute atomic E-state index is 0.544. The molecule has 1 aromatic heterocycles. The lowest BCUT2D eigenvalue weighted by Gasteiger charge is -2.31. The van der Waals surface area contributed by atoms with E-state index in [9.17, 15) is 0 Å². The fourth-order valence-electron chi connectivity index (χ4n) is 2.81. The van der Waals surface area contributed by atoms with E-state index in [1.165, 1.54) is 45.3 Å². The molecule has 1 aromatic rings. The Morgan fingerprint density at radius 1 is 1.25 bits per heavy atom. The first kappa shape index (κ1) is 14.1. The highest BCUT2D eigenvalue weighted by Gasteiger charge is 2.27. The summed E-state index contributed by atoms with van der Waals surface area (Å²) in [6, 6.07) is 1.84. The second-order valence-corrected chi connectivity index (χ2v) is 6.35. The smallest absolute Gasteiger partial charge is 0.135 e. The molecule has 0 aromatic carbocycles. The topological polar surface area (TPSA) is 41.0 Å². The second kappa shape index (κ2) is 6.27. The molecule has 0 spiro atoms. The molecule has 0 amide bonds. The maximum atomic E-state index is 6.08. The molecule has 1 saturated carbocycles. The number of hydrogen-bond acceptors (Lipinski definition) is 4. The molecular formula is C15H23ClN4. The van der Waals surface area contributed by atoms with Crippen molar-refractivity contribution in [3.63, 3.8) is 0 Å². The zero-order chi connectivity index (χ0) is 13.9. The number of rotatable bonds is 5. The third-order valence-corrected chi connectivity index (χ3v) is 4.57. The predicted molar refractivity (Wildman–Crippen MR) is 82.3 cm³/mol. The fraction of sp³-hybridized carbons (Fsp3) is 0.733. The number of piperidine rings is 1. The normalized spacial score (nSPS) is 21.1. The van der Waals surface area contributed by atoms with Crippen LogP contribution in [-0.2, 0) is 0 Å². The van der Waals surface area contributed by atoms with Gasteiger partial charge in [0.05, 0.1) is 0 Å². The van der Waals surface area contributed by atoms with Crippen LogP contribution in [0, 0.1) is 5.92 Å². The molecule has 2 heterocycles. The quantitative estimate of drug-likeness (QED) is 0.847. The maximum absolute atomic E-state index is 6.08. The van der Waals surface area contributed by atoms with E-state index < -0.39 is 0 Å². The monoisotopic (exact) mass is 294 g/mol. The van der Waals surface area contributed by atoms with Crippen LogP contribution in [0.4, 0.5) is 5.82 Å². The summed E-state index contributed by atoms with van der Waals surface area (Å²) in [5.74, 6) is 3.10. The molecule has 4 nitrogen and oxygen atoms in total. The van der Waals surface area contributed by atoms with Crippen LogP contribution in [0.15, 0.2) is 6.07 Å². The van der Waals surface area contributed by atoms with E-state index >= 15 is 0 Å². The van der Waals surface area contributed by atoms with Crippen molar-refractivity contribution in [3.05, 3.63) is 17.0 Å². The number of nitrogens with one attached hydrogen (secondary N) is 1. The van der Waals surface area contributed by atoms with Crippen LogP contribution in [0.5, 0.6) is 0 Å². The lowest BCUT2D eigenvalue weighted by atomic mass is 9.97. The predicted octanol–water partition coefficient (Wildman–Crippen LogP) is 3.15. The van der Waals surface area contributed by atoms with Crippen molar-refractivity contribution >= 4 is 17.4 Å². The highest BCUT2D eigenvalue weighted by molar-refractivity contribution is 6.29. The van der Waals surface area contributed by atoms with Crippen molar-refractivity contribution in [2.75, 3.05) is 31.5 Å². The van der Waals surface area contributed by atoms with Gasteiger partial charge in [-0.05, 0) is 51.2 Å². The third kappa shape index (κ3) is 3.61.